The van der Waals surface area contributed by atoms with E-state index in [9.17, 15) is 5.11 Å². The fourth-order valence-corrected chi connectivity index (χ4v) is 0.919. The molecular weight excluding hydrogens is 136 g/mol. The van der Waals surface area contributed by atoms with Crippen molar-refractivity contribution < 1.29 is 5.11 Å². The maximum Gasteiger partial charge on any atom is 0.0627 e. The fourth-order valence-electron chi connectivity index (χ4n) is 0.919. The summed E-state index contributed by atoms with van der Waals surface area (Å²) in [6.45, 7) is 12.0. The van der Waals surface area contributed by atoms with Crippen LogP contribution in [0.15, 0.2) is 12.2 Å². The molecule has 0 aromatic rings. The van der Waals surface area contributed by atoms with Gasteiger partial charge >= 0.3 is 0 Å². The molecule has 0 heterocycles. The molecule has 0 amide bonds. The third-order valence-corrected chi connectivity index (χ3v) is 2.50. The second kappa shape index (κ2) is 3.91. The van der Waals surface area contributed by atoms with Crippen LogP contribution in [-0.2, 0) is 0 Å². The molecule has 0 bridgehead atoms. The highest BCUT2D eigenvalue weighted by Gasteiger charge is 2.27. The quantitative estimate of drug-likeness (QED) is 0.620. The molecule has 0 aromatic carbocycles. The lowest BCUT2D eigenvalue weighted by atomic mass is 9.79. The predicted molar refractivity (Wildman–Crippen MR) is 49.5 cm³/mol. The number of hydrogen-bond donors (Lipinski definition) is 1. The third-order valence-electron chi connectivity index (χ3n) is 2.50. The molecule has 1 heteroatoms. The van der Waals surface area contributed by atoms with Crippen molar-refractivity contribution in [3.8, 4) is 0 Å². The highest BCUT2D eigenvalue weighted by Crippen LogP contribution is 2.30. The molecule has 0 saturated heterocycles. The van der Waals surface area contributed by atoms with Gasteiger partial charge in [-0.3, -0.25) is 0 Å². The van der Waals surface area contributed by atoms with Gasteiger partial charge in [-0.25, -0.2) is 0 Å². The molecule has 1 nitrogen and oxygen atoms in total. The van der Waals surface area contributed by atoms with E-state index in [1.54, 1.807) is 0 Å². The van der Waals surface area contributed by atoms with Gasteiger partial charge in [0.2, 0.25) is 0 Å². The molecule has 0 aromatic heterocycles. The van der Waals surface area contributed by atoms with E-state index < -0.39 is 0 Å². The molecule has 1 atom stereocenters. The minimum Gasteiger partial charge on any atom is -0.392 e. The maximum absolute atomic E-state index is 9.69. The summed E-state index contributed by atoms with van der Waals surface area (Å²) in [5, 5.41) is 9.69. The second-order valence-electron chi connectivity index (χ2n) is 3.81. The minimum absolute atomic E-state index is 0.129. The SMILES string of the molecule is C=C(C)C(C)(C)C(O)CCC. The Labute approximate surface area is 70.1 Å². The third kappa shape index (κ3) is 2.66. The van der Waals surface area contributed by atoms with Crippen LogP contribution in [0.5, 0.6) is 0 Å². The lowest BCUT2D eigenvalue weighted by molar-refractivity contribution is 0.0664. The van der Waals surface area contributed by atoms with Crippen molar-refractivity contribution >= 4 is 0 Å². The molecule has 0 saturated carbocycles. The van der Waals surface area contributed by atoms with E-state index in [2.05, 4.69) is 13.5 Å². The van der Waals surface area contributed by atoms with E-state index in [0.29, 0.717) is 0 Å². The fraction of sp³-hybridized carbons (Fsp3) is 0.800. The lowest BCUT2D eigenvalue weighted by Gasteiger charge is -2.30. The van der Waals surface area contributed by atoms with Gasteiger partial charge in [-0.2, -0.15) is 0 Å². The standard InChI is InChI=1S/C10H20O/c1-6-7-9(11)10(4,5)8(2)3/h9,11H,2,6-7H2,1,3-5H3. The molecule has 1 N–H and O–H groups in total. The van der Waals surface area contributed by atoms with Crippen LogP contribution in [-0.4, -0.2) is 11.2 Å². The van der Waals surface area contributed by atoms with E-state index in [1.807, 2.05) is 20.8 Å². The molecule has 1 unspecified atom stereocenters. The van der Waals surface area contributed by atoms with Gasteiger partial charge in [0, 0.05) is 5.41 Å². The molecule has 66 valence electrons. The summed E-state index contributed by atoms with van der Waals surface area (Å²) < 4.78 is 0. The smallest absolute Gasteiger partial charge is 0.0627 e. The van der Waals surface area contributed by atoms with Crippen molar-refractivity contribution in [1.29, 1.82) is 0 Å². The predicted octanol–water partition coefficient (Wildman–Crippen LogP) is 2.75. The summed E-state index contributed by atoms with van der Waals surface area (Å²) in [4.78, 5) is 0. The van der Waals surface area contributed by atoms with E-state index in [-0.39, 0.29) is 11.5 Å². The molecule has 0 radical (unpaired) electrons. The van der Waals surface area contributed by atoms with Crippen LogP contribution in [0.25, 0.3) is 0 Å². The Morgan fingerprint density at radius 2 is 2.00 bits per heavy atom. The zero-order valence-corrected chi connectivity index (χ0v) is 8.15. The highest BCUT2D eigenvalue weighted by molar-refractivity contribution is 5.06. The summed E-state index contributed by atoms with van der Waals surface area (Å²) in [5.74, 6) is 0. The van der Waals surface area contributed by atoms with Gasteiger partial charge in [0.25, 0.3) is 0 Å². The van der Waals surface area contributed by atoms with E-state index >= 15 is 0 Å². The average molecular weight is 156 g/mol. The largest absolute Gasteiger partial charge is 0.392 e. The molecule has 0 aliphatic rings. The molecule has 11 heavy (non-hydrogen) atoms. The Morgan fingerprint density at radius 1 is 1.55 bits per heavy atom. The zero-order valence-electron chi connectivity index (χ0n) is 8.15. The van der Waals surface area contributed by atoms with Crippen LogP contribution < -0.4 is 0 Å². The van der Waals surface area contributed by atoms with Crippen molar-refractivity contribution in [2.24, 2.45) is 5.41 Å². The summed E-state index contributed by atoms with van der Waals surface area (Å²) in [7, 11) is 0. The summed E-state index contributed by atoms with van der Waals surface area (Å²) >= 11 is 0. The van der Waals surface area contributed by atoms with Crippen LogP contribution in [0.4, 0.5) is 0 Å². The second-order valence-corrected chi connectivity index (χ2v) is 3.81. The first-order chi connectivity index (χ1) is 4.92. The van der Waals surface area contributed by atoms with E-state index in [0.717, 1.165) is 18.4 Å². The first-order valence-corrected chi connectivity index (χ1v) is 4.27. The number of aliphatic hydroxyl groups is 1. The van der Waals surface area contributed by atoms with Crippen molar-refractivity contribution in [3.05, 3.63) is 12.2 Å². The first kappa shape index (κ1) is 10.7. The molecular formula is C10H20O. The number of hydrogen-bond acceptors (Lipinski definition) is 1. The van der Waals surface area contributed by atoms with Gasteiger partial charge in [0.1, 0.15) is 0 Å². The summed E-state index contributed by atoms with van der Waals surface area (Å²) in [6.07, 6.45) is 1.64. The van der Waals surface area contributed by atoms with Gasteiger partial charge < -0.3 is 5.11 Å². The normalized spacial score (nSPS) is 14.6. The number of aliphatic hydroxyl groups excluding tert-OH is 1. The lowest BCUT2D eigenvalue weighted by Crippen LogP contribution is -2.29. The van der Waals surface area contributed by atoms with Gasteiger partial charge in [0.05, 0.1) is 6.10 Å². The summed E-state index contributed by atoms with van der Waals surface area (Å²) in [6, 6.07) is 0. The minimum atomic E-state index is -0.245. The van der Waals surface area contributed by atoms with Crippen LogP contribution in [0.3, 0.4) is 0 Å². The monoisotopic (exact) mass is 156 g/mol. The van der Waals surface area contributed by atoms with Crippen LogP contribution in [0.2, 0.25) is 0 Å². The van der Waals surface area contributed by atoms with E-state index in [4.69, 9.17) is 0 Å². The first-order valence-electron chi connectivity index (χ1n) is 4.27. The van der Waals surface area contributed by atoms with Crippen molar-refractivity contribution in [2.75, 3.05) is 0 Å². The van der Waals surface area contributed by atoms with Gasteiger partial charge in [-0.05, 0) is 13.3 Å². The van der Waals surface area contributed by atoms with Gasteiger partial charge in [-0.15, -0.1) is 0 Å². The molecule has 0 aliphatic heterocycles. The van der Waals surface area contributed by atoms with E-state index in [1.165, 1.54) is 0 Å². The van der Waals surface area contributed by atoms with Crippen LogP contribution >= 0.6 is 0 Å². The molecule has 0 rings (SSSR count). The average Bonchev–Trinajstić information content (AvgIpc) is 1.88. The number of rotatable bonds is 4. The molecule has 0 spiro atoms. The van der Waals surface area contributed by atoms with Crippen molar-refractivity contribution in [1.82, 2.24) is 0 Å². The Hall–Kier alpha value is -0.300. The summed E-state index contributed by atoms with van der Waals surface area (Å²) in [5.41, 5.74) is 0.925. The maximum atomic E-state index is 9.69. The Bertz CT molecular complexity index is 136. The zero-order chi connectivity index (χ0) is 9.07. The van der Waals surface area contributed by atoms with Crippen LogP contribution in [0, 0.1) is 5.41 Å². The highest BCUT2D eigenvalue weighted by atomic mass is 16.3. The van der Waals surface area contributed by atoms with Crippen LogP contribution in [0.1, 0.15) is 40.5 Å². The molecule has 0 aliphatic carbocycles. The Morgan fingerprint density at radius 3 is 2.27 bits per heavy atom. The topological polar surface area (TPSA) is 20.2 Å². The molecule has 0 fully saturated rings. The van der Waals surface area contributed by atoms with Gasteiger partial charge in [0.15, 0.2) is 0 Å². The van der Waals surface area contributed by atoms with Gasteiger partial charge in [-0.1, -0.05) is 39.3 Å². The Balaban J connectivity index is 4.17. The van der Waals surface area contributed by atoms with Crippen molar-refractivity contribution in [2.45, 2.75) is 46.6 Å². The van der Waals surface area contributed by atoms with Crippen molar-refractivity contribution in [3.63, 3.8) is 0 Å². The Kier molecular flexibility index (Phi) is 3.81.